The standard InChI is InChI=1S/C22H41NO4/c1-4-5-6-7-8-9-10-11-12-13-14-15-16-17-20(26)21(23)22(18(2)24)27-19(3)25/h16-17,20-22,26H,4-15,23H2,1-3H3. The SMILES string of the molecule is CCCCCCCCCCCCCC=CC(O)C(N)C(OC(C)=O)C(C)=O. The second kappa shape index (κ2) is 16.9. The minimum atomic E-state index is -1.11. The maximum Gasteiger partial charge on any atom is 0.303 e. The highest BCUT2D eigenvalue weighted by atomic mass is 16.5. The lowest BCUT2D eigenvalue weighted by Crippen LogP contribution is -2.49. The molecule has 0 aliphatic heterocycles. The van der Waals surface area contributed by atoms with Crippen LogP contribution >= 0.6 is 0 Å². The molecule has 0 radical (unpaired) electrons. The molecule has 0 saturated carbocycles. The summed E-state index contributed by atoms with van der Waals surface area (Å²) in [5.41, 5.74) is 5.86. The van der Waals surface area contributed by atoms with E-state index in [1.807, 2.05) is 6.08 Å². The molecule has 0 rings (SSSR count). The van der Waals surface area contributed by atoms with Crippen LogP contribution in [0.1, 0.15) is 97.8 Å². The third kappa shape index (κ3) is 14.5. The molecule has 3 unspecified atom stereocenters. The lowest BCUT2D eigenvalue weighted by atomic mass is 10.0. The van der Waals surface area contributed by atoms with E-state index in [0.717, 1.165) is 12.8 Å². The third-order valence-electron chi connectivity index (χ3n) is 4.75. The van der Waals surface area contributed by atoms with Gasteiger partial charge in [0.15, 0.2) is 11.9 Å². The molecule has 5 nitrogen and oxygen atoms in total. The lowest BCUT2D eigenvalue weighted by molar-refractivity contribution is -0.154. The van der Waals surface area contributed by atoms with Crippen LogP contribution in [0.5, 0.6) is 0 Å². The van der Waals surface area contributed by atoms with Crippen molar-refractivity contribution in [2.24, 2.45) is 5.73 Å². The highest BCUT2D eigenvalue weighted by molar-refractivity contribution is 5.84. The Hall–Kier alpha value is -1.20. The van der Waals surface area contributed by atoms with Gasteiger partial charge in [-0.1, -0.05) is 83.3 Å². The fraction of sp³-hybridized carbons (Fsp3) is 0.818. The van der Waals surface area contributed by atoms with Crippen LogP contribution in [-0.2, 0) is 14.3 Å². The van der Waals surface area contributed by atoms with E-state index in [9.17, 15) is 14.7 Å². The molecule has 0 amide bonds. The molecule has 158 valence electrons. The van der Waals surface area contributed by atoms with Gasteiger partial charge in [0.1, 0.15) is 0 Å². The zero-order chi connectivity index (χ0) is 20.5. The highest BCUT2D eigenvalue weighted by Gasteiger charge is 2.29. The van der Waals surface area contributed by atoms with Gasteiger partial charge in [-0.25, -0.2) is 0 Å². The molecule has 5 heteroatoms. The molecular formula is C22H41NO4. The summed E-state index contributed by atoms with van der Waals surface area (Å²) < 4.78 is 4.91. The number of hydrogen-bond donors (Lipinski definition) is 2. The fourth-order valence-corrected chi connectivity index (χ4v) is 3.08. The predicted molar refractivity (Wildman–Crippen MR) is 110 cm³/mol. The fourth-order valence-electron chi connectivity index (χ4n) is 3.08. The molecule has 0 aliphatic carbocycles. The van der Waals surface area contributed by atoms with Crippen molar-refractivity contribution in [3.63, 3.8) is 0 Å². The van der Waals surface area contributed by atoms with Crippen LogP contribution in [0.4, 0.5) is 0 Å². The molecular weight excluding hydrogens is 342 g/mol. The molecule has 0 spiro atoms. The van der Waals surface area contributed by atoms with Gasteiger partial charge in [-0.3, -0.25) is 9.59 Å². The van der Waals surface area contributed by atoms with E-state index >= 15 is 0 Å². The third-order valence-corrected chi connectivity index (χ3v) is 4.75. The van der Waals surface area contributed by atoms with Crippen LogP contribution in [0, 0.1) is 0 Å². The van der Waals surface area contributed by atoms with Crippen molar-refractivity contribution in [3.8, 4) is 0 Å². The first-order valence-electron chi connectivity index (χ1n) is 10.7. The van der Waals surface area contributed by atoms with Crippen LogP contribution in [0.25, 0.3) is 0 Å². The van der Waals surface area contributed by atoms with E-state index in [-0.39, 0.29) is 5.78 Å². The molecule has 0 bridgehead atoms. The van der Waals surface area contributed by atoms with Crippen molar-refractivity contribution < 1.29 is 19.4 Å². The first kappa shape index (κ1) is 25.8. The number of esters is 1. The molecule has 3 atom stereocenters. The summed E-state index contributed by atoms with van der Waals surface area (Å²) in [6.07, 6.45) is 16.6. The maximum absolute atomic E-state index is 11.5. The van der Waals surface area contributed by atoms with Gasteiger partial charge in [-0.15, -0.1) is 0 Å². The minimum absolute atomic E-state index is 0.365. The minimum Gasteiger partial charge on any atom is -0.453 e. The molecule has 3 N–H and O–H groups in total. The summed E-state index contributed by atoms with van der Waals surface area (Å²) in [4.78, 5) is 22.6. The van der Waals surface area contributed by atoms with E-state index in [2.05, 4.69) is 6.92 Å². The van der Waals surface area contributed by atoms with E-state index in [1.165, 1.54) is 78.1 Å². The summed E-state index contributed by atoms with van der Waals surface area (Å²) in [5, 5.41) is 10.1. The van der Waals surface area contributed by atoms with Gasteiger partial charge < -0.3 is 15.6 Å². The average molecular weight is 384 g/mol. The molecule has 0 aromatic rings. The number of hydrogen-bond acceptors (Lipinski definition) is 5. The van der Waals surface area contributed by atoms with Gasteiger partial charge in [0, 0.05) is 6.92 Å². The quantitative estimate of drug-likeness (QED) is 0.220. The zero-order valence-corrected chi connectivity index (χ0v) is 17.6. The largest absolute Gasteiger partial charge is 0.453 e. The molecule has 0 aromatic heterocycles. The monoisotopic (exact) mass is 383 g/mol. The van der Waals surface area contributed by atoms with E-state index in [4.69, 9.17) is 10.5 Å². The van der Waals surface area contributed by atoms with Gasteiger partial charge in [-0.2, -0.15) is 0 Å². The number of Topliss-reactive ketones (excluding diaryl/α,β-unsaturated/α-hetero) is 1. The van der Waals surface area contributed by atoms with Crippen LogP contribution < -0.4 is 5.73 Å². The van der Waals surface area contributed by atoms with Gasteiger partial charge in [-0.05, 0) is 19.8 Å². The Morgan fingerprint density at radius 3 is 1.85 bits per heavy atom. The smallest absolute Gasteiger partial charge is 0.303 e. The Morgan fingerprint density at radius 2 is 1.41 bits per heavy atom. The number of aliphatic hydroxyl groups is 1. The van der Waals surface area contributed by atoms with Crippen molar-refractivity contribution in [2.75, 3.05) is 0 Å². The predicted octanol–water partition coefficient (Wildman–Crippen LogP) is 4.45. The van der Waals surface area contributed by atoms with Crippen molar-refractivity contribution in [1.82, 2.24) is 0 Å². The zero-order valence-electron chi connectivity index (χ0n) is 17.6. The van der Waals surface area contributed by atoms with Crippen molar-refractivity contribution in [2.45, 2.75) is 116 Å². The summed E-state index contributed by atoms with van der Waals surface area (Å²) in [5.74, 6) is -0.946. The average Bonchev–Trinajstić information content (AvgIpc) is 2.62. The normalized spacial score (nSPS) is 14.9. The molecule has 0 saturated heterocycles. The number of ether oxygens (including phenoxy) is 1. The molecule has 0 heterocycles. The van der Waals surface area contributed by atoms with Crippen molar-refractivity contribution in [1.29, 1.82) is 0 Å². The van der Waals surface area contributed by atoms with E-state index in [1.54, 1.807) is 6.08 Å². The Labute approximate surface area is 165 Å². The number of nitrogens with two attached hydrogens (primary N) is 1. The maximum atomic E-state index is 11.5. The number of unbranched alkanes of at least 4 members (excludes halogenated alkanes) is 11. The number of carbonyl (C=O) groups is 2. The van der Waals surface area contributed by atoms with Gasteiger partial charge in [0.05, 0.1) is 12.1 Å². The summed E-state index contributed by atoms with van der Waals surface area (Å²) in [6.45, 7) is 4.77. The van der Waals surface area contributed by atoms with Gasteiger partial charge in [0.25, 0.3) is 0 Å². The Balaban J connectivity index is 3.77. The first-order valence-corrected chi connectivity index (χ1v) is 10.7. The second-order valence-corrected chi connectivity index (χ2v) is 7.46. The molecule has 27 heavy (non-hydrogen) atoms. The first-order chi connectivity index (χ1) is 12.9. The van der Waals surface area contributed by atoms with E-state index < -0.39 is 24.2 Å². The summed E-state index contributed by atoms with van der Waals surface area (Å²) in [6, 6.07) is -0.944. The molecule has 0 aliphatic rings. The van der Waals surface area contributed by atoms with Gasteiger partial charge >= 0.3 is 5.97 Å². The topological polar surface area (TPSA) is 89.6 Å². The van der Waals surface area contributed by atoms with Crippen LogP contribution in [0.3, 0.4) is 0 Å². The van der Waals surface area contributed by atoms with Crippen LogP contribution in [0.2, 0.25) is 0 Å². The number of ketones is 1. The number of rotatable bonds is 17. The number of carbonyl (C=O) groups excluding carboxylic acids is 2. The van der Waals surface area contributed by atoms with Crippen molar-refractivity contribution in [3.05, 3.63) is 12.2 Å². The summed E-state index contributed by atoms with van der Waals surface area (Å²) >= 11 is 0. The van der Waals surface area contributed by atoms with Crippen LogP contribution in [-0.4, -0.2) is 35.1 Å². The number of allylic oxidation sites excluding steroid dienone is 1. The summed E-state index contributed by atoms with van der Waals surface area (Å²) in [7, 11) is 0. The Morgan fingerprint density at radius 1 is 0.926 bits per heavy atom. The Kier molecular flexibility index (Phi) is 16.2. The Bertz CT molecular complexity index is 423. The van der Waals surface area contributed by atoms with Crippen molar-refractivity contribution >= 4 is 11.8 Å². The highest BCUT2D eigenvalue weighted by Crippen LogP contribution is 2.12. The number of aliphatic hydroxyl groups excluding tert-OH is 1. The molecule has 0 aromatic carbocycles. The van der Waals surface area contributed by atoms with E-state index in [0.29, 0.717) is 0 Å². The second-order valence-electron chi connectivity index (χ2n) is 7.46. The lowest BCUT2D eigenvalue weighted by Gasteiger charge is -2.23. The van der Waals surface area contributed by atoms with Crippen LogP contribution in [0.15, 0.2) is 12.2 Å². The molecule has 0 fully saturated rings. The van der Waals surface area contributed by atoms with Gasteiger partial charge in [0.2, 0.25) is 0 Å².